The van der Waals surface area contributed by atoms with Crippen molar-refractivity contribution in [1.82, 2.24) is 0 Å². The van der Waals surface area contributed by atoms with Gasteiger partial charge in [-0.1, -0.05) is 11.6 Å². The predicted octanol–water partition coefficient (Wildman–Crippen LogP) is 4.73. The first-order valence-corrected chi connectivity index (χ1v) is 7.69. The van der Waals surface area contributed by atoms with Crippen LogP contribution in [-0.4, -0.2) is 15.9 Å². The number of hydrogen-bond acceptors (Lipinski definition) is 4. The quantitative estimate of drug-likeness (QED) is 0.402. The van der Waals surface area contributed by atoms with E-state index in [-0.39, 0.29) is 22.0 Å². The second-order valence-electron chi connectivity index (χ2n) is 4.16. The molecule has 0 aliphatic heterocycles. The van der Waals surface area contributed by atoms with Crippen molar-refractivity contribution in [3.05, 3.63) is 60.0 Å². The highest BCUT2D eigenvalue weighted by atomic mass is 79.9. The molecule has 2 N–H and O–H groups in total. The van der Waals surface area contributed by atoms with Crippen molar-refractivity contribution in [2.24, 2.45) is 0 Å². The molecule has 0 saturated heterocycles. The fraction of sp³-hybridized carbons (Fsp3) is 0. The molecule has 114 valence electrons. The van der Waals surface area contributed by atoms with Gasteiger partial charge in [0, 0.05) is 17.8 Å². The van der Waals surface area contributed by atoms with Crippen LogP contribution in [0.2, 0.25) is 5.02 Å². The average Bonchev–Trinajstić information content (AvgIpc) is 2.44. The SMILES string of the molecule is O=C(Nc1cc(Br)c(O)c(Br)c1)c1ccc([N+](=O)[O-])cc1Cl. The van der Waals surface area contributed by atoms with Gasteiger partial charge in [-0.25, -0.2) is 0 Å². The molecule has 2 aromatic carbocycles. The van der Waals surface area contributed by atoms with Crippen LogP contribution in [0.4, 0.5) is 11.4 Å². The Bertz CT molecular complexity index is 760. The number of hydrogen-bond donors (Lipinski definition) is 2. The smallest absolute Gasteiger partial charge is 0.270 e. The van der Waals surface area contributed by atoms with Crippen molar-refractivity contribution in [3.8, 4) is 5.75 Å². The lowest BCUT2D eigenvalue weighted by atomic mass is 10.2. The summed E-state index contributed by atoms with van der Waals surface area (Å²) in [7, 11) is 0. The van der Waals surface area contributed by atoms with E-state index in [4.69, 9.17) is 11.6 Å². The second-order valence-corrected chi connectivity index (χ2v) is 6.28. The number of amides is 1. The predicted molar refractivity (Wildman–Crippen MR) is 89.6 cm³/mol. The van der Waals surface area contributed by atoms with Crippen LogP contribution < -0.4 is 5.32 Å². The van der Waals surface area contributed by atoms with Crippen LogP contribution in [0.3, 0.4) is 0 Å². The van der Waals surface area contributed by atoms with E-state index in [1.54, 1.807) is 0 Å². The first-order valence-electron chi connectivity index (χ1n) is 5.73. The number of phenols is 1. The Morgan fingerprint density at radius 1 is 1.23 bits per heavy atom. The zero-order valence-electron chi connectivity index (χ0n) is 10.6. The van der Waals surface area contributed by atoms with Crippen LogP contribution >= 0.6 is 43.5 Å². The number of carbonyl (C=O) groups is 1. The minimum absolute atomic E-state index is 0.00590. The number of carbonyl (C=O) groups excluding carboxylic acids is 1. The van der Waals surface area contributed by atoms with Crippen molar-refractivity contribution >= 4 is 60.7 Å². The zero-order chi connectivity index (χ0) is 16.4. The van der Waals surface area contributed by atoms with Gasteiger partial charge in [0.25, 0.3) is 11.6 Å². The maximum atomic E-state index is 12.2. The van der Waals surface area contributed by atoms with Gasteiger partial charge in [0.1, 0.15) is 5.75 Å². The van der Waals surface area contributed by atoms with Crippen molar-refractivity contribution in [2.45, 2.75) is 0 Å². The molecule has 0 bridgehead atoms. The molecule has 1 amide bonds. The number of nitrogens with one attached hydrogen (secondary N) is 1. The lowest BCUT2D eigenvalue weighted by molar-refractivity contribution is -0.384. The van der Waals surface area contributed by atoms with Crippen LogP contribution in [0.1, 0.15) is 10.4 Å². The third-order valence-electron chi connectivity index (χ3n) is 2.68. The third kappa shape index (κ3) is 3.57. The van der Waals surface area contributed by atoms with E-state index in [1.165, 1.54) is 24.3 Å². The number of benzene rings is 2. The summed E-state index contributed by atoms with van der Waals surface area (Å²) in [5, 5.41) is 22.8. The number of non-ortho nitro benzene ring substituents is 1. The van der Waals surface area contributed by atoms with E-state index in [0.717, 1.165) is 6.07 Å². The standard InChI is InChI=1S/C13H7Br2ClN2O4/c14-9-3-6(4-10(15)12(9)19)17-13(20)8-2-1-7(18(21)22)5-11(8)16/h1-5,19H,(H,17,20). The number of anilines is 1. The summed E-state index contributed by atoms with van der Waals surface area (Å²) in [6, 6.07) is 6.61. The van der Waals surface area contributed by atoms with Gasteiger partial charge < -0.3 is 10.4 Å². The molecule has 9 heteroatoms. The number of nitrogens with zero attached hydrogens (tertiary/aromatic N) is 1. The highest BCUT2D eigenvalue weighted by Gasteiger charge is 2.16. The second kappa shape index (κ2) is 6.64. The molecule has 0 atom stereocenters. The van der Waals surface area contributed by atoms with Crippen LogP contribution in [0.15, 0.2) is 39.3 Å². The molecule has 0 unspecified atom stereocenters. The number of nitro benzene ring substituents is 1. The normalized spacial score (nSPS) is 10.3. The topological polar surface area (TPSA) is 92.5 Å². The Hall–Kier alpha value is -1.64. The van der Waals surface area contributed by atoms with Crippen molar-refractivity contribution < 1.29 is 14.8 Å². The van der Waals surface area contributed by atoms with Crippen LogP contribution in [0.25, 0.3) is 0 Å². The van der Waals surface area contributed by atoms with Crippen molar-refractivity contribution in [2.75, 3.05) is 5.32 Å². The first kappa shape index (κ1) is 16.7. The number of nitro groups is 1. The molecule has 22 heavy (non-hydrogen) atoms. The van der Waals surface area contributed by atoms with E-state index in [0.29, 0.717) is 14.6 Å². The number of phenolic OH excluding ortho intramolecular Hbond substituents is 1. The molecular weight excluding hydrogens is 443 g/mol. The van der Waals surface area contributed by atoms with Gasteiger partial charge in [0.05, 0.1) is 24.5 Å². The summed E-state index contributed by atoms with van der Waals surface area (Å²) in [5.41, 5.74) is 0.320. The summed E-state index contributed by atoms with van der Waals surface area (Å²) in [6.45, 7) is 0. The van der Waals surface area contributed by atoms with Gasteiger partial charge in [-0.05, 0) is 50.1 Å². The third-order valence-corrected chi connectivity index (χ3v) is 4.20. The van der Waals surface area contributed by atoms with E-state index in [1.807, 2.05) is 0 Å². The molecule has 0 saturated carbocycles. The van der Waals surface area contributed by atoms with Gasteiger partial charge >= 0.3 is 0 Å². The monoisotopic (exact) mass is 448 g/mol. The lowest BCUT2D eigenvalue weighted by Crippen LogP contribution is -2.12. The Morgan fingerprint density at radius 2 is 1.82 bits per heavy atom. The van der Waals surface area contributed by atoms with Crippen LogP contribution in [0.5, 0.6) is 5.75 Å². The summed E-state index contributed by atoms with van der Waals surface area (Å²) in [4.78, 5) is 22.2. The molecule has 2 rings (SSSR count). The summed E-state index contributed by atoms with van der Waals surface area (Å²) in [5.74, 6) is -0.518. The lowest BCUT2D eigenvalue weighted by Gasteiger charge is -2.09. The summed E-state index contributed by atoms with van der Waals surface area (Å²) in [6.07, 6.45) is 0. The van der Waals surface area contributed by atoms with Gasteiger partial charge in [0.2, 0.25) is 0 Å². The molecule has 0 aromatic heterocycles. The molecule has 0 aliphatic carbocycles. The molecule has 0 spiro atoms. The summed E-state index contributed by atoms with van der Waals surface area (Å²) >= 11 is 12.2. The van der Waals surface area contributed by atoms with E-state index in [2.05, 4.69) is 37.2 Å². The number of halogens is 3. The van der Waals surface area contributed by atoms with Gasteiger partial charge in [-0.2, -0.15) is 0 Å². The molecule has 0 aliphatic rings. The van der Waals surface area contributed by atoms with Gasteiger partial charge in [-0.3, -0.25) is 14.9 Å². The van der Waals surface area contributed by atoms with E-state index in [9.17, 15) is 20.0 Å². The minimum atomic E-state index is -0.595. The van der Waals surface area contributed by atoms with Crippen LogP contribution in [0, 0.1) is 10.1 Å². The summed E-state index contributed by atoms with van der Waals surface area (Å²) < 4.78 is 0.791. The number of aromatic hydroxyl groups is 1. The maximum absolute atomic E-state index is 12.2. The Labute approximate surface area is 146 Å². The van der Waals surface area contributed by atoms with E-state index >= 15 is 0 Å². The van der Waals surface area contributed by atoms with Crippen molar-refractivity contribution in [3.63, 3.8) is 0 Å². The molecule has 0 radical (unpaired) electrons. The highest BCUT2D eigenvalue weighted by molar-refractivity contribution is 9.11. The Morgan fingerprint density at radius 3 is 2.32 bits per heavy atom. The fourth-order valence-electron chi connectivity index (χ4n) is 1.64. The fourth-order valence-corrected chi connectivity index (χ4v) is 3.08. The zero-order valence-corrected chi connectivity index (χ0v) is 14.6. The largest absolute Gasteiger partial charge is 0.506 e. The molecule has 6 nitrogen and oxygen atoms in total. The highest BCUT2D eigenvalue weighted by Crippen LogP contribution is 2.35. The first-order chi connectivity index (χ1) is 10.3. The van der Waals surface area contributed by atoms with E-state index < -0.39 is 10.8 Å². The average molecular weight is 450 g/mol. The van der Waals surface area contributed by atoms with Gasteiger partial charge in [-0.15, -0.1) is 0 Å². The number of rotatable bonds is 3. The Balaban J connectivity index is 2.28. The van der Waals surface area contributed by atoms with Crippen LogP contribution in [-0.2, 0) is 0 Å². The van der Waals surface area contributed by atoms with Gasteiger partial charge in [0.15, 0.2) is 0 Å². The maximum Gasteiger partial charge on any atom is 0.270 e. The molecule has 2 aromatic rings. The Kier molecular flexibility index (Phi) is 5.05. The molecular formula is C13H7Br2ClN2O4. The minimum Gasteiger partial charge on any atom is -0.506 e. The molecule has 0 fully saturated rings. The molecule has 0 heterocycles. The van der Waals surface area contributed by atoms with Crippen molar-refractivity contribution in [1.29, 1.82) is 0 Å².